The number of esters is 1. The maximum Gasteiger partial charge on any atom is 0.343 e. The average Bonchev–Trinajstić information content (AvgIpc) is 2.86. The molecule has 4 rings (SSSR count). The number of halogens is 1. The highest BCUT2D eigenvalue weighted by molar-refractivity contribution is 6.30. The molecule has 0 heterocycles. The van der Waals surface area contributed by atoms with Crippen LogP contribution in [0.4, 0.5) is 0 Å². The molecule has 1 amide bonds. The third kappa shape index (κ3) is 5.42. The smallest absolute Gasteiger partial charge is 0.343 e. The molecule has 0 aliphatic heterocycles. The maximum absolute atomic E-state index is 12.8. The van der Waals surface area contributed by atoms with Crippen LogP contribution in [-0.2, 0) is 0 Å². The number of hydrogen-bond acceptors (Lipinski definition) is 5. The Labute approximate surface area is 201 Å². The molecule has 6 nitrogen and oxygen atoms in total. The van der Waals surface area contributed by atoms with Crippen molar-refractivity contribution in [2.45, 2.75) is 6.92 Å². The number of nitrogens with zero attached hydrogens (tertiary/aromatic N) is 1. The second-order valence-corrected chi connectivity index (χ2v) is 7.69. The first-order valence-electron chi connectivity index (χ1n) is 10.6. The zero-order valence-corrected chi connectivity index (χ0v) is 19.1. The van der Waals surface area contributed by atoms with E-state index in [1.54, 1.807) is 54.6 Å². The van der Waals surface area contributed by atoms with Crippen LogP contribution in [0.5, 0.6) is 11.5 Å². The van der Waals surface area contributed by atoms with E-state index in [9.17, 15) is 9.59 Å². The molecule has 34 heavy (non-hydrogen) atoms. The van der Waals surface area contributed by atoms with Gasteiger partial charge in [0.1, 0.15) is 11.5 Å². The fourth-order valence-electron chi connectivity index (χ4n) is 3.33. The van der Waals surface area contributed by atoms with Crippen molar-refractivity contribution in [3.05, 3.63) is 107 Å². The van der Waals surface area contributed by atoms with Gasteiger partial charge in [-0.2, -0.15) is 5.10 Å². The Hall–Kier alpha value is -4.16. The van der Waals surface area contributed by atoms with Crippen LogP contribution in [0.3, 0.4) is 0 Å². The normalized spacial score (nSPS) is 10.9. The van der Waals surface area contributed by atoms with Crippen molar-refractivity contribution in [2.75, 3.05) is 6.61 Å². The largest absolute Gasteiger partial charge is 0.494 e. The Kier molecular flexibility index (Phi) is 7.20. The van der Waals surface area contributed by atoms with Crippen LogP contribution in [0.25, 0.3) is 10.8 Å². The number of hydrogen-bond donors (Lipinski definition) is 1. The summed E-state index contributed by atoms with van der Waals surface area (Å²) in [7, 11) is 0. The minimum Gasteiger partial charge on any atom is -0.494 e. The minimum atomic E-state index is -0.516. The fraction of sp³-hybridized carbons (Fsp3) is 0.0741. The molecule has 0 aliphatic carbocycles. The summed E-state index contributed by atoms with van der Waals surface area (Å²) in [4.78, 5) is 25.1. The third-order valence-electron chi connectivity index (χ3n) is 5.00. The van der Waals surface area contributed by atoms with Gasteiger partial charge in [-0.25, -0.2) is 10.2 Å². The van der Waals surface area contributed by atoms with E-state index >= 15 is 0 Å². The molecule has 4 aromatic rings. The van der Waals surface area contributed by atoms with Crippen molar-refractivity contribution in [2.24, 2.45) is 5.10 Å². The summed E-state index contributed by atoms with van der Waals surface area (Å²) in [5.74, 6) is 0.0929. The monoisotopic (exact) mass is 472 g/mol. The van der Waals surface area contributed by atoms with Gasteiger partial charge in [-0.3, -0.25) is 4.79 Å². The topological polar surface area (TPSA) is 77.0 Å². The Morgan fingerprint density at radius 2 is 1.62 bits per heavy atom. The summed E-state index contributed by atoms with van der Waals surface area (Å²) in [6.07, 6.45) is 1.47. The lowest BCUT2D eigenvalue weighted by atomic mass is 10.0. The van der Waals surface area contributed by atoms with Gasteiger partial charge in [-0.15, -0.1) is 0 Å². The number of fused-ring (bicyclic) bond motifs is 1. The van der Waals surface area contributed by atoms with E-state index in [2.05, 4.69) is 10.5 Å². The zero-order valence-electron chi connectivity index (χ0n) is 18.3. The minimum absolute atomic E-state index is 0.321. The molecule has 170 valence electrons. The SMILES string of the molecule is CCOc1ccc(C(=O)Oc2ccc3ccccc3c2/C=N/NC(=O)c2ccc(Cl)cc2)cc1. The number of carbonyl (C=O) groups excluding carboxylic acids is 2. The second-order valence-electron chi connectivity index (χ2n) is 7.25. The Morgan fingerprint density at radius 1 is 0.912 bits per heavy atom. The van der Waals surface area contributed by atoms with Crippen molar-refractivity contribution >= 4 is 40.5 Å². The van der Waals surface area contributed by atoms with Crippen LogP contribution in [0.2, 0.25) is 5.02 Å². The predicted octanol–water partition coefficient (Wildman–Crippen LogP) is 5.88. The number of carbonyl (C=O) groups is 2. The molecule has 0 bridgehead atoms. The van der Waals surface area contributed by atoms with Gasteiger partial charge in [-0.05, 0) is 72.3 Å². The van der Waals surface area contributed by atoms with E-state index in [1.165, 1.54) is 6.21 Å². The van der Waals surface area contributed by atoms with E-state index in [0.717, 1.165) is 10.8 Å². The van der Waals surface area contributed by atoms with Gasteiger partial charge in [-0.1, -0.05) is 41.9 Å². The molecular formula is C27H21ClN2O4. The van der Waals surface area contributed by atoms with Crippen LogP contribution in [0.15, 0.2) is 90.0 Å². The fourth-order valence-corrected chi connectivity index (χ4v) is 3.46. The Balaban J connectivity index is 1.58. The van der Waals surface area contributed by atoms with Crippen molar-refractivity contribution in [3.63, 3.8) is 0 Å². The van der Waals surface area contributed by atoms with E-state index in [4.69, 9.17) is 21.1 Å². The standard InChI is InChI=1S/C27H21ClN2O4/c1-2-33-22-14-9-20(10-15-22)27(32)34-25-16-11-18-5-3-4-6-23(18)24(25)17-29-30-26(31)19-7-12-21(28)13-8-19/h3-17H,2H2,1H3,(H,30,31)/b29-17+. The van der Waals surface area contributed by atoms with Crippen LogP contribution in [0.1, 0.15) is 33.2 Å². The lowest BCUT2D eigenvalue weighted by Gasteiger charge is -2.11. The summed E-state index contributed by atoms with van der Waals surface area (Å²) in [6, 6.07) is 24.4. The Morgan fingerprint density at radius 3 is 2.35 bits per heavy atom. The Bertz CT molecular complexity index is 1350. The summed E-state index contributed by atoms with van der Waals surface area (Å²) < 4.78 is 11.1. The predicted molar refractivity (Wildman–Crippen MR) is 133 cm³/mol. The summed E-state index contributed by atoms with van der Waals surface area (Å²) in [6.45, 7) is 2.43. The molecule has 0 fully saturated rings. The number of hydrazone groups is 1. The number of amides is 1. The van der Waals surface area contributed by atoms with Crippen LogP contribution in [-0.4, -0.2) is 24.7 Å². The maximum atomic E-state index is 12.8. The highest BCUT2D eigenvalue weighted by Crippen LogP contribution is 2.27. The average molecular weight is 473 g/mol. The van der Waals surface area contributed by atoms with E-state index in [1.807, 2.05) is 37.3 Å². The van der Waals surface area contributed by atoms with Crippen molar-refractivity contribution in [1.29, 1.82) is 0 Å². The second kappa shape index (κ2) is 10.6. The number of ether oxygens (including phenoxy) is 2. The first-order chi connectivity index (χ1) is 16.5. The van der Waals surface area contributed by atoms with E-state index in [-0.39, 0.29) is 5.91 Å². The van der Waals surface area contributed by atoms with E-state index in [0.29, 0.717) is 39.8 Å². The van der Waals surface area contributed by atoms with Crippen LogP contribution >= 0.6 is 11.6 Å². The number of nitrogens with one attached hydrogen (secondary N) is 1. The molecule has 0 atom stereocenters. The molecule has 7 heteroatoms. The highest BCUT2D eigenvalue weighted by Gasteiger charge is 2.14. The van der Waals surface area contributed by atoms with Crippen LogP contribution < -0.4 is 14.9 Å². The molecule has 0 spiro atoms. The van der Waals surface area contributed by atoms with Gasteiger partial charge >= 0.3 is 5.97 Å². The van der Waals surface area contributed by atoms with Gasteiger partial charge in [0.2, 0.25) is 0 Å². The van der Waals surface area contributed by atoms with Gasteiger partial charge in [0, 0.05) is 16.1 Å². The molecule has 0 aromatic heterocycles. The number of rotatable bonds is 7. The number of benzene rings is 4. The van der Waals surface area contributed by atoms with Crippen molar-refractivity contribution in [1.82, 2.24) is 5.43 Å². The van der Waals surface area contributed by atoms with E-state index < -0.39 is 5.97 Å². The molecule has 0 saturated carbocycles. The van der Waals surface area contributed by atoms with Gasteiger partial charge in [0.05, 0.1) is 18.4 Å². The third-order valence-corrected chi connectivity index (χ3v) is 5.25. The molecule has 4 aromatic carbocycles. The quantitative estimate of drug-likeness (QED) is 0.158. The van der Waals surface area contributed by atoms with Crippen molar-refractivity contribution < 1.29 is 19.1 Å². The molecule has 0 aliphatic rings. The molecule has 0 saturated heterocycles. The molecule has 1 N–H and O–H groups in total. The van der Waals surface area contributed by atoms with Crippen LogP contribution in [0, 0.1) is 0 Å². The first-order valence-corrected chi connectivity index (χ1v) is 11.0. The summed E-state index contributed by atoms with van der Waals surface area (Å²) in [5, 5.41) is 6.40. The molecular weight excluding hydrogens is 452 g/mol. The molecule has 0 radical (unpaired) electrons. The summed E-state index contributed by atoms with van der Waals surface area (Å²) in [5.41, 5.74) is 3.86. The van der Waals surface area contributed by atoms with Gasteiger partial charge in [0.15, 0.2) is 0 Å². The summed E-state index contributed by atoms with van der Waals surface area (Å²) >= 11 is 5.87. The first kappa shape index (κ1) is 23.0. The van der Waals surface area contributed by atoms with Gasteiger partial charge in [0.25, 0.3) is 5.91 Å². The highest BCUT2D eigenvalue weighted by atomic mass is 35.5. The zero-order chi connectivity index (χ0) is 23.9. The van der Waals surface area contributed by atoms with Gasteiger partial charge < -0.3 is 9.47 Å². The lowest BCUT2D eigenvalue weighted by molar-refractivity contribution is 0.0734. The van der Waals surface area contributed by atoms with Crippen molar-refractivity contribution in [3.8, 4) is 11.5 Å². The lowest BCUT2D eigenvalue weighted by Crippen LogP contribution is -2.17. The molecule has 0 unspecified atom stereocenters.